The van der Waals surface area contributed by atoms with E-state index in [0.717, 1.165) is 0 Å². The van der Waals surface area contributed by atoms with Crippen molar-refractivity contribution >= 4 is 23.8 Å². The minimum Gasteiger partial charge on any atom is -0.480 e. The van der Waals surface area contributed by atoms with Gasteiger partial charge in [0, 0.05) is 6.07 Å². The van der Waals surface area contributed by atoms with Crippen molar-refractivity contribution in [3.8, 4) is 0 Å². The second-order valence-corrected chi connectivity index (χ2v) is 4.48. The number of hydrogen-bond donors (Lipinski definition) is 3. The molecule has 0 saturated carbocycles. The molecule has 1 aromatic heterocycles. The van der Waals surface area contributed by atoms with Gasteiger partial charge in [0.1, 0.15) is 18.0 Å². The van der Waals surface area contributed by atoms with E-state index < -0.39 is 18.0 Å². The molecule has 2 amide bonds. The summed E-state index contributed by atoms with van der Waals surface area (Å²) in [6.07, 6.45) is 3.66. The molecule has 1 atom stereocenters. The van der Waals surface area contributed by atoms with Crippen molar-refractivity contribution in [2.75, 3.05) is 12.0 Å². The number of thioether (sulfide) groups is 1. The third-order valence-corrected chi connectivity index (χ3v) is 2.78. The molecule has 0 fully saturated rings. The number of nitrogens with zero attached hydrogens (tertiary/aromatic N) is 1. The van der Waals surface area contributed by atoms with Crippen LogP contribution in [0.25, 0.3) is 0 Å². The van der Waals surface area contributed by atoms with Crippen LogP contribution in [0, 0.1) is 0 Å². The highest BCUT2D eigenvalue weighted by Gasteiger charge is 2.19. The smallest absolute Gasteiger partial charge is 0.326 e. The molecule has 0 aliphatic heterocycles. The summed E-state index contributed by atoms with van der Waals surface area (Å²) in [5.74, 6) is -0.374. The maximum Gasteiger partial charge on any atom is 0.326 e. The van der Waals surface area contributed by atoms with E-state index in [9.17, 15) is 9.59 Å². The van der Waals surface area contributed by atoms with Crippen LogP contribution in [0.1, 0.15) is 12.1 Å². The lowest BCUT2D eigenvalue weighted by Gasteiger charge is -2.14. The van der Waals surface area contributed by atoms with Crippen molar-refractivity contribution in [2.45, 2.75) is 19.0 Å². The first kappa shape index (κ1) is 14.4. The topological polar surface area (TPSA) is 104 Å². The average molecular weight is 273 g/mol. The second kappa shape index (κ2) is 7.59. The Bertz CT molecular complexity index is 382. The van der Waals surface area contributed by atoms with Gasteiger partial charge in [-0.25, -0.2) is 9.59 Å². The monoisotopic (exact) mass is 273 g/mol. The van der Waals surface area contributed by atoms with E-state index in [0.29, 0.717) is 17.9 Å². The average Bonchev–Trinajstić information content (AvgIpc) is 2.84. The number of carbonyl (C=O) groups is 2. The molecule has 0 aromatic carbocycles. The maximum atomic E-state index is 11.5. The van der Waals surface area contributed by atoms with E-state index in [1.54, 1.807) is 6.07 Å². The van der Waals surface area contributed by atoms with Gasteiger partial charge in [-0.15, -0.1) is 0 Å². The number of nitrogens with one attached hydrogen (secondary N) is 2. The van der Waals surface area contributed by atoms with E-state index in [1.807, 2.05) is 6.26 Å². The van der Waals surface area contributed by atoms with Crippen molar-refractivity contribution in [1.82, 2.24) is 15.8 Å². The SMILES string of the molecule is CSCC[C@@H](NC(=O)NCc1ccon1)C(=O)O. The van der Waals surface area contributed by atoms with Crippen molar-refractivity contribution < 1.29 is 19.2 Å². The molecule has 0 bridgehead atoms. The molecule has 8 heteroatoms. The Morgan fingerprint density at radius 1 is 1.61 bits per heavy atom. The Morgan fingerprint density at radius 3 is 2.94 bits per heavy atom. The normalized spacial score (nSPS) is 11.8. The Labute approximate surface area is 108 Å². The van der Waals surface area contributed by atoms with Gasteiger partial charge in [0.25, 0.3) is 0 Å². The number of aromatic nitrogens is 1. The number of carbonyl (C=O) groups excluding carboxylic acids is 1. The first-order valence-electron chi connectivity index (χ1n) is 5.29. The van der Waals surface area contributed by atoms with Gasteiger partial charge < -0.3 is 20.3 Å². The van der Waals surface area contributed by atoms with Gasteiger partial charge in [-0.2, -0.15) is 11.8 Å². The molecule has 3 N–H and O–H groups in total. The van der Waals surface area contributed by atoms with Gasteiger partial charge in [0.05, 0.1) is 6.54 Å². The summed E-state index contributed by atoms with van der Waals surface area (Å²) in [5, 5.41) is 17.4. The fraction of sp³-hybridized carbons (Fsp3) is 0.500. The summed E-state index contributed by atoms with van der Waals surface area (Å²) in [4.78, 5) is 22.4. The van der Waals surface area contributed by atoms with Gasteiger partial charge in [-0.3, -0.25) is 0 Å². The Hall–Kier alpha value is -1.70. The van der Waals surface area contributed by atoms with Crippen molar-refractivity contribution in [3.63, 3.8) is 0 Å². The van der Waals surface area contributed by atoms with Gasteiger partial charge in [-0.05, 0) is 18.4 Å². The predicted molar refractivity (Wildman–Crippen MR) is 66.3 cm³/mol. The fourth-order valence-electron chi connectivity index (χ4n) is 1.20. The summed E-state index contributed by atoms with van der Waals surface area (Å²) in [6, 6.07) is 0.198. The third-order valence-electron chi connectivity index (χ3n) is 2.14. The second-order valence-electron chi connectivity index (χ2n) is 3.49. The quantitative estimate of drug-likeness (QED) is 0.675. The number of aliphatic carboxylic acids is 1. The molecule has 1 aromatic rings. The molecule has 1 heterocycles. The highest BCUT2D eigenvalue weighted by Crippen LogP contribution is 2.01. The van der Waals surface area contributed by atoms with E-state index in [1.165, 1.54) is 18.0 Å². The largest absolute Gasteiger partial charge is 0.480 e. The lowest BCUT2D eigenvalue weighted by Crippen LogP contribution is -2.46. The minimum atomic E-state index is -1.04. The highest BCUT2D eigenvalue weighted by atomic mass is 32.2. The summed E-state index contributed by atoms with van der Waals surface area (Å²) >= 11 is 1.53. The third kappa shape index (κ3) is 5.09. The molecule has 0 saturated heterocycles. The van der Waals surface area contributed by atoms with E-state index >= 15 is 0 Å². The van der Waals surface area contributed by atoms with Gasteiger partial charge in [0.2, 0.25) is 0 Å². The number of urea groups is 1. The van der Waals surface area contributed by atoms with Crippen molar-refractivity contribution in [1.29, 1.82) is 0 Å². The fourth-order valence-corrected chi connectivity index (χ4v) is 1.67. The van der Waals surface area contributed by atoms with Crippen molar-refractivity contribution in [2.24, 2.45) is 0 Å². The summed E-state index contributed by atoms with van der Waals surface area (Å²) < 4.78 is 4.60. The molecular weight excluding hydrogens is 258 g/mol. The van der Waals surface area contributed by atoms with Gasteiger partial charge in [-0.1, -0.05) is 5.16 Å². The number of rotatable bonds is 7. The lowest BCUT2D eigenvalue weighted by atomic mass is 10.2. The van der Waals surface area contributed by atoms with E-state index in [2.05, 4.69) is 20.3 Å². The van der Waals surface area contributed by atoms with Crippen LogP contribution >= 0.6 is 11.8 Å². The number of hydrogen-bond acceptors (Lipinski definition) is 5. The van der Waals surface area contributed by atoms with Crippen LogP contribution in [-0.2, 0) is 11.3 Å². The molecule has 7 nitrogen and oxygen atoms in total. The Kier molecular flexibility index (Phi) is 6.06. The van der Waals surface area contributed by atoms with E-state index in [4.69, 9.17) is 5.11 Å². The summed E-state index contributed by atoms with van der Waals surface area (Å²) in [6.45, 7) is 0.192. The van der Waals surface area contributed by atoms with Crippen LogP contribution in [0.5, 0.6) is 0 Å². The Balaban J connectivity index is 2.34. The molecule has 100 valence electrons. The molecule has 0 radical (unpaired) electrons. The first-order valence-corrected chi connectivity index (χ1v) is 6.68. The standard InChI is InChI=1S/C10H15N3O4S/c1-18-5-3-8(9(14)15)12-10(16)11-6-7-2-4-17-13-7/h2,4,8H,3,5-6H2,1H3,(H,14,15)(H2,11,12,16)/t8-/m1/s1. The van der Waals surface area contributed by atoms with Crippen LogP contribution in [0.4, 0.5) is 4.79 Å². The lowest BCUT2D eigenvalue weighted by molar-refractivity contribution is -0.139. The molecule has 0 aliphatic carbocycles. The maximum absolute atomic E-state index is 11.5. The summed E-state index contributed by atoms with van der Waals surface area (Å²) in [5.41, 5.74) is 0.570. The van der Waals surface area contributed by atoms with Crippen LogP contribution in [-0.4, -0.2) is 40.3 Å². The molecule has 18 heavy (non-hydrogen) atoms. The zero-order valence-corrected chi connectivity index (χ0v) is 10.7. The first-order chi connectivity index (χ1) is 8.63. The molecule has 0 aliphatic rings. The van der Waals surface area contributed by atoms with Gasteiger partial charge >= 0.3 is 12.0 Å². The van der Waals surface area contributed by atoms with Crippen LogP contribution in [0.2, 0.25) is 0 Å². The van der Waals surface area contributed by atoms with Crippen LogP contribution < -0.4 is 10.6 Å². The summed E-state index contributed by atoms with van der Waals surface area (Å²) in [7, 11) is 0. The zero-order valence-electron chi connectivity index (χ0n) is 9.88. The molecule has 1 rings (SSSR count). The zero-order chi connectivity index (χ0) is 13.4. The van der Waals surface area contributed by atoms with Crippen LogP contribution in [0.3, 0.4) is 0 Å². The minimum absolute atomic E-state index is 0.192. The highest BCUT2D eigenvalue weighted by molar-refractivity contribution is 7.98. The Morgan fingerprint density at radius 2 is 2.39 bits per heavy atom. The number of carboxylic acid groups (broad SMARTS) is 1. The van der Waals surface area contributed by atoms with Gasteiger partial charge in [0.15, 0.2) is 0 Å². The molecular formula is C10H15N3O4S. The number of carboxylic acids is 1. The van der Waals surface area contributed by atoms with E-state index in [-0.39, 0.29) is 6.54 Å². The van der Waals surface area contributed by atoms with Crippen molar-refractivity contribution in [3.05, 3.63) is 18.0 Å². The number of amides is 2. The van der Waals surface area contributed by atoms with Crippen LogP contribution in [0.15, 0.2) is 16.9 Å². The molecule has 0 unspecified atom stereocenters. The molecule has 0 spiro atoms. The predicted octanol–water partition coefficient (Wildman–Crippen LogP) is 0.680.